The lowest BCUT2D eigenvalue weighted by atomic mass is 10.3. The number of hydrogen-bond donors (Lipinski definition) is 2. The molecule has 1 fully saturated rings. The molecule has 0 spiro atoms. The summed E-state index contributed by atoms with van der Waals surface area (Å²) in [4.78, 5) is 5.01. The van der Waals surface area contributed by atoms with Crippen molar-refractivity contribution in [2.75, 3.05) is 0 Å². The highest BCUT2D eigenvalue weighted by molar-refractivity contribution is 7.91. The van der Waals surface area contributed by atoms with Crippen LogP contribution in [0.15, 0.2) is 40.9 Å². The lowest BCUT2D eigenvalue weighted by Crippen LogP contribution is -2.22. The van der Waals surface area contributed by atoms with Crippen molar-refractivity contribution in [2.45, 2.75) is 36.2 Å². The molecule has 1 aliphatic rings. The summed E-state index contributed by atoms with van der Waals surface area (Å²) in [5.74, 6) is 0. The van der Waals surface area contributed by atoms with Crippen molar-refractivity contribution < 1.29 is 8.42 Å². The molecular weight excluding hydrogens is 306 g/mol. The first-order valence-electron chi connectivity index (χ1n) is 6.84. The molecule has 2 aromatic rings. The molecule has 1 saturated carbocycles. The van der Waals surface area contributed by atoms with Gasteiger partial charge in [-0.05, 0) is 36.6 Å². The zero-order chi connectivity index (χ0) is 14.7. The second-order valence-electron chi connectivity index (χ2n) is 5.06. The number of pyridine rings is 1. The van der Waals surface area contributed by atoms with Gasteiger partial charge in [-0.15, -0.1) is 11.3 Å². The number of aromatic nitrogens is 1. The summed E-state index contributed by atoms with van der Waals surface area (Å²) < 4.78 is 27.4. The van der Waals surface area contributed by atoms with E-state index in [9.17, 15) is 8.42 Å². The normalized spacial score (nSPS) is 15.2. The van der Waals surface area contributed by atoms with Crippen LogP contribution in [0.5, 0.6) is 0 Å². The molecular formula is C14H17N3O2S2. The fourth-order valence-electron chi connectivity index (χ4n) is 1.88. The van der Waals surface area contributed by atoms with E-state index in [1.807, 2.05) is 12.1 Å². The first kappa shape index (κ1) is 14.6. The third-order valence-electron chi connectivity index (χ3n) is 3.23. The number of nitrogens with zero attached hydrogens (tertiary/aromatic N) is 1. The third kappa shape index (κ3) is 4.10. The molecule has 5 nitrogen and oxygen atoms in total. The molecule has 21 heavy (non-hydrogen) atoms. The maximum Gasteiger partial charge on any atom is 0.250 e. The van der Waals surface area contributed by atoms with Crippen LogP contribution in [-0.4, -0.2) is 19.4 Å². The van der Waals surface area contributed by atoms with E-state index < -0.39 is 10.0 Å². The Morgan fingerprint density at radius 1 is 1.24 bits per heavy atom. The van der Waals surface area contributed by atoms with Gasteiger partial charge in [0, 0.05) is 36.4 Å². The van der Waals surface area contributed by atoms with Crippen molar-refractivity contribution in [3.05, 3.63) is 47.1 Å². The highest BCUT2D eigenvalue weighted by atomic mass is 32.2. The molecule has 0 unspecified atom stereocenters. The summed E-state index contributed by atoms with van der Waals surface area (Å²) in [7, 11) is -3.45. The maximum atomic E-state index is 12.2. The van der Waals surface area contributed by atoms with Crippen molar-refractivity contribution in [1.82, 2.24) is 15.0 Å². The van der Waals surface area contributed by atoms with Crippen LogP contribution in [0.1, 0.15) is 23.3 Å². The topological polar surface area (TPSA) is 71.1 Å². The second kappa shape index (κ2) is 6.23. The first-order valence-corrected chi connectivity index (χ1v) is 9.14. The quantitative estimate of drug-likeness (QED) is 0.816. The third-order valence-corrected chi connectivity index (χ3v) is 6.21. The Hall–Kier alpha value is -1.28. The molecule has 0 saturated heterocycles. The van der Waals surface area contributed by atoms with Gasteiger partial charge in [0.05, 0.1) is 0 Å². The van der Waals surface area contributed by atoms with Crippen LogP contribution in [0.2, 0.25) is 0 Å². The average molecular weight is 323 g/mol. The molecule has 0 bridgehead atoms. The molecule has 0 aliphatic heterocycles. The largest absolute Gasteiger partial charge is 0.309 e. The lowest BCUT2D eigenvalue weighted by molar-refractivity contribution is 0.583. The van der Waals surface area contributed by atoms with Crippen LogP contribution >= 0.6 is 11.3 Å². The molecule has 0 amide bonds. The van der Waals surface area contributed by atoms with Gasteiger partial charge < -0.3 is 5.32 Å². The number of nitrogens with one attached hydrogen (secondary N) is 2. The Bertz CT molecular complexity index is 694. The molecule has 2 N–H and O–H groups in total. The number of sulfonamides is 1. The highest BCUT2D eigenvalue weighted by Crippen LogP contribution is 2.24. The summed E-state index contributed by atoms with van der Waals surface area (Å²) in [6.07, 6.45) is 5.77. The Kier molecular flexibility index (Phi) is 4.34. The van der Waals surface area contributed by atoms with Gasteiger partial charge in [-0.25, -0.2) is 13.1 Å². The monoisotopic (exact) mass is 323 g/mol. The number of rotatable bonds is 7. The number of hydrogen-bond acceptors (Lipinski definition) is 5. The van der Waals surface area contributed by atoms with E-state index in [0.717, 1.165) is 17.0 Å². The van der Waals surface area contributed by atoms with E-state index in [2.05, 4.69) is 15.0 Å². The molecule has 112 valence electrons. The van der Waals surface area contributed by atoms with Crippen LogP contribution in [0.4, 0.5) is 0 Å². The van der Waals surface area contributed by atoms with Crippen molar-refractivity contribution in [1.29, 1.82) is 0 Å². The van der Waals surface area contributed by atoms with Gasteiger partial charge in [-0.2, -0.15) is 0 Å². The standard InChI is InChI=1S/C14H17N3O2S2/c18-21(19,17-9-11-2-1-7-15-8-11)14-6-5-13(20-14)10-16-12-3-4-12/h1-2,5-8,12,16-17H,3-4,9-10H2. The molecule has 0 atom stereocenters. The van der Waals surface area contributed by atoms with Crippen molar-refractivity contribution in [3.63, 3.8) is 0 Å². The van der Waals surface area contributed by atoms with Crippen molar-refractivity contribution in [2.24, 2.45) is 0 Å². The summed E-state index contributed by atoms with van der Waals surface area (Å²) in [6.45, 7) is 0.997. The minimum atomic E-state index is -3.45. The zero-order valence-electron chi connectivity index (χ0n) is 11.5. The van der Waals surface area contributed by atoms with Crippen molar-refractivity contribution >= 4 is 21.4 Å². The van der Waals surface area contributed by atoms with Crippen LogP contribution in [0, 0.1) is 0 Å². The Labute approximate surface area is 128 Å². The predicted octanol–water partition coefficient (Wildman–Crippen LogP) is 1.87. The van der Waals surface area contributed by atoms with E-state index in [-0.39, 0.29) is 6.54 Å². The van der Waals surface area contributed by atoms with Crippen LogP contribution in [-0.2, 0) is 23.1 Å². The molecule has 1 aliphatic carbocycles. The van der Waals surface area contributed by atoms with E-state index in [4.69, 9.17) is 0 Å². The molecule has 3 rings (SSSR count). The molecule has 7 heteroatoms. The molecule has 2 heterocycles. The predicted molar refractivity (Wildman–Crippen MR) is 82.4 cm³/mol. The minimum absolute atomic E-state index is 0.254. The summed E-state index contributed by atoms with van der Waals surface area (Å²) in [5.41, 5.74) is 0.841. The van der Waals surface area contributed by atoms with Gasteiger partial charge >= 0.3 is 0 Å². The molecule has 0 radical (unpaired) electrons. The van der Waals surface area contributed by atoms with Gasteiger partial charge in [-0.3, -0.25) is 4.98 Å². The van der Waals surface area contributed by atoms with Gasteiger partial charge in [0.15, 0.2) is 0 Å². The Morgan fingerprint density at radius 2 is 2.10 bits per heavy atom. The fraction of sp³-hybridized carbons (Fsp3) is 0.357. The van der Waals surface area contributed by atoms with Gasteiger partial charge in [0.1, 0.15) is 4.21 Å². The van der Waals surface area contributed by atoms with E-state index in [1.54, 1.807) is 24.5 Å². The lowest BCUT2D eigenvalue weighted by Gasteiger charge is -2.04. The fourth-order valence-corrected chi connectivity index (χ4v) is 4.25. The zero-order valence-corrected chi connectivity index (χ0v) is 13.1. The second-order valence-corrected chi connectivity index (χ2v) is 8.22. The Balaban J connectivity index is 1.61. The van der Waals surface area contributed by atoms with Gasteiger partial charge in [0.25, 0.3) is 0 Å². The summed E-state index contributed by atoms with van der Waals surface area (Å²) in [6, 6.07) is 7.79. The molecule has 0 aromatic carbocycles. The first-order chi connectivity index (χ1) is 10.1. The van der Waals surface area contributed by atoms with Crippen LogP contribution in [0.25, 0.3) is 0 Å². The molecule has 2 aromatic heterocycles. The van der Waals surface area contributed by atoms with Crippen LogP contribution in [0.3, 0.4) is 0 Å². The van der Waals surface area contributed by atoms with Crippen LogP contribution < -0.4 is 10.0 Å². The smallest absolute Gasteiger partial charge is 0.250 e. The highest BCUT2D eigenvalue weighted by Gasteiger charge is 2.21. The van der Waals surface area contributed by atoms with E-state index >= 15 is 0 Å². The SMILES string of the molecule is O=S(=O)(NCc1cccnc1)c1ccc(CNC2CC2)s1. The minimum Gasteiger partial charge on any atom is -0.309 e. The van der Waals surface area contributed by atoms with Gasteiger partial charge in [-0.1, -0.05) is 6.07 Å². The van der Waals surface area contributed by atoms with E-state index in [0.29, 0.717) is 10.3 Å². The average Bonchev–Trinajstić information content (AvgIpc) is 3.20. The van der Waals surface area contributed by atoms with Gasteiger partial charge in [0.2, 0.25) is 10.0 Å². The summed E-state index contributed by atoms with van der Waals surface area (Å²) in [5, 5.41) is 3.38. The van der Waals surface area contributed by atoms with E-state index in [1.165, 1.54) is 24.2 Å². The Morgan fingerprint density at radius 3 is 2.81 bits per heavy atom. The van der Waals surface area contributed by atoms with Crippen molar-refractivity contribution in [3.8, 4) is 0 Å². The summed E-state index contributed by atoms with van der Waals surface area (Å²) >= 11 is 1.32. The maximum absolute atomic E-state index is 12.2. The number of thiophene rings is 1.